The molecule has 1 heterocycles. The van der Waals surface area contributed by atoms with Gasteiger partial charge in [0.05, 0.1) is 12.8 Å². The number of ether oxygens (including phenoxy) is 1. The van der Waals surface area contributed by atoms with Gasteiger partial charge in [-0.3, -0.25) is 0 Å². The minimum absolute atomic E-state index is 0.295. The maximum absolute atomic E-state index is 11.3. The van der Waals surface area contributed by atoms with Gasteiger partial charge in [-0.1, -0.05) is 17.7 Å². The first kappa shape index (κ1) is 10.9. The summed E-state index contributed by atoms with van der Waals surface area (Å²) in [5, 5.41) is 0.295. The number of halogens is 1. The summed E-state index contributed by atoms with van der Waals surface area (Å²) >= 11 is 5.68. The molecule has 0 unspecified atom stereocenters. The van der Waals surface area contributed by atoms with Gasteiger partial charge >= 0.3 is 5.97 Å². The van der Waals surface area contributed by atoms with Crippen LogP contribution < -0.4 is 5.73 Å². The molecular weight excluding hydrogens is 204 g/mol. The number of carbonyl (C=O) groups is 1. The zero-order valence-electron chi connectivity index (χ0n) is 7.95. The molecular formula is C9H11ClN2O2. The van der Waals surface area contributed by atoms with Crippen molar-refractivity contribution >= 4 is 17.6 Å². The van der Waals surface area contributed by atoms with Gasteiger partial charge in [0.2, 0.25) is 0 Å². The van der Waals surface area contributed by atoms with Crippen LogP contribution in [0.1, 0.15) is 12.6 Å². The van der Waals surface area contributed by atoms with E-state index in [4.69, 9.17) is 17.3 Å². The maximum Gasteiger partial charge on any atom is 0.331 e. The molecule has 5 heteroatoms. The largest absolute Gasteiger partial charge is 0.467 e. The van der Waals surface area contributed by atoms with E-state index >= 15 is 0 Å². The Balaban J connectivity index is 3.09. The highest BCUT2D eigenvalue weighted by Gasteiger charge is 2.33. The maximum atomic E-state index is 11.3. The summed E-state index contributed by atoms with van der Waals surface area (Å²) in [6, 6.07) is 4.92. The molecule has 0 aliphatic heterocycles. The first-order valence-corrected chi connectivity index (χ1v) is 4.36. The van der Waals surface area contributed by atoms with Gasteiger partial charge in [-0.05, 0) is 19.1 Å². The zero-order valence-corrected chi connectivity index (χ0v) is 8.71. The SMILES string of the molecule is COC(=O)[C@@](C)(N)c1cccc(Cl)n1. The molecule has 0 radical (unpaired) electrons. The van der Waals surface area contributed by atoms with Gasteiger partial charge in [-0.2, -0.15) is 0 Å². The monoisotopic (exact) mass is 214 g/mol. The normalized spacial score (nSPS) is 14.6. The van der Waals surface area contributed by atoms with Crippen molar-refractivity contribution < 1.29 is 9.53 Å². The van der Waals surface area contributed by atoms with Crippen molar-refractivity contribution in [2.45, 2.75) is 12.5 Å². The third-order valence-corrected chi connectivity index (χ3v) is 2.07. The molecule has 0 saturated carbocycles. The molecule has 1 aromatic rings. The summed E-state index contributed by atoms with van der Waals surface area (Å²) in [5.74, 6) is -0.549. The summed E-state index contributed by atoms with van der Waals surface area (Å²) in [6.07, 6.45) is 0. The van der Waals surface area contributed by atoms with Gasteiger partial charge in [0, 0.05) is 0 Å². The second-order valence-electron chi connectivity index (χ2n) is 3.04. The Morgan fingerprint density at radius 3 is 2.79 bits per heavy atom. The van der Waals surface area contributed by atoms with Crippen molar-refractivity contribution in [2.24, 2.45) is 5.73 Å². The molecule has 1 atom stereocenters. The minimum atomic E-state index is -1.26. The lowest BCUT2D eigenvalue weighted by atomic mass is 9.99. The van der Waals surface area contributed by atoms with Gasteiger partial charge in [0.25, 0.3) is 0 Å². The molecule has 0 fully saturated rings. The summed E-state index contributed by atoms with van der Waals surface area (Å²) in [7, 11) is 1.28. The lowest BCUT2D eigenvalue weighted by Crippen LogP contribution is -2.43. The number of hydrogen-bond donors (Lipinski definition) is 1. The molecule has 4 nitrogen and oxygen atoms in total. The van der Waals surface area contributed by atoms with E-state index in [2.05, 4.69) is 9.72 Å². The van der Waals surface area contributed by atoms with Crippen molar-refractivity contribution in [1.82, 2.24) is 4.98 Å². The van der Waals surface area contributed by atoms with Gasteiger partial charge in [-0.15, -0.1) is 0 Å². The fraction of sp³-hybridized carbons (Fsp3) is 0.333. The third kappa shape index (κ3) is 2.02. The van der Waals surface area contributed by atoms with E-state index in [9.17, 15) is 4.79 Å². The summed E-state index contributed by atoms with van der Waals surface area (Å²) in [6.45, 7) is 1.53. The van der Waals surface area contributed by atoms with E-state index in [1.807, 2.05) is 0 Å². The lowest BCUT2D eigenvalue weighted by molar-refractivity contribution is -0.146. The summed E-state index contributed by atoms with van der Waals surface area (Å²) < 4.78 is 4.56. The number of hydrogen-bond acceptors (Lipinski definition) is 4. The van der Waals surface area contributed by atoms with Crippen molar-refractivity contribution in [3.05, 3.63) is 29.0 Å². The minimum Gasteiger partial charge on any atom is -0.467 e. The Kier molecular flexibility index (Phi) is 3.08. The van der Waals surface area contributed by atoms with Crippen molar-refractivity contribution in [3.8, 4) is 0 Å². The van der Waals surface area contributed by atoms with Crippen molar-refractivity contribution in [2.75, 3.05) is 7.11 Å². The number of methoxy groups -OCH3 is 1. The quantitative estimate of drug-likeness (QED) is 0.591. The van der Waals surface area contributed by atoms with Gasteiger partial charge in [-0.25, -0.2) is 9.78 Å². The van der Waals surface area contributed by atoms with Crippen LogP contribution in [0, 0.1) is 0 Å². The molecule has 0 aliphatic rings. The van der Waals surface area contributed by atoms with Gasteiger partial charge in [0.15, 0.2) is 5.54 Å². The second-order valence-corrected chi connectivity index (χ2v) is 3.43. The van der Waals surface area contributed by atoms with E-state index in [1.165, 1.54) is 14.0 Å². The second kappa shape index (κ2) is 3.94. The van der Waals surface area contributed by atoms with Crippen LogP contribution in [-0.4, -0.2) is 18.1 Å². The number of carbonyl (C=O) groups excluding carboxylic acids is 1. The van der Waals surface area contributed by atoms with Crippen LogP contribution in [0.15, 0.2) is 18.2 Å². The molecule has 1 aromatic heterocycles. The zero-order chi connectivity index (χ0) is 10.8. The number of aromatic nitrogens is 1. The molecule has 14 heavy (non-hydrogen) atoms. The molecule has 0 amide bonds. The number of pyridine rings is 1. The average molecular weight is 215 g/mol. The molecule has 76 valence electrons. The first-order valence-electron chi connectivity index (χ1n) is 3.99. The molecule has 1 rings (SSSR count). The van der Waals surface area contributed by atoms with Gasteiger partial charge < -0.3 is 10.5 Å². The Bertz CT molecular complexity index is 352. The van der Waals surface area contributed by atoms with Gasteiger partial charge in [0.1, 0.15) is 5.15 Å². The van der Waals surface area contributed by atoms with E-state index in [0.29, 0.717) is 10.8 Å². The Hall–Kier alpha value is -1.13. The van der Waals surface area contributed by atoms with Crippen LogP contribution in [0.25, 0.3) is 0 Å². The molecule has 0 bridgehead atoms. The van der Waals surface area contributed by atoms with Crippen LogP contribution in [0.3, 0.4) is 0 Å². The Labute approximate surface area is 87.0 Å². The highest BCUT2D eigenvalue weighted by Crippen LogP contribution is 2.18. The fourth-order valence-corrected chi connectivity index (χ4v) is 1.18. The number of rotatable bonds is 2. The average Bonchev–Trinajstić information content (AvgIpc) is 2.16. The van der Waals surface area contributed by atoms with Crippen LogP contribution in [-0.2, 0) is 15.1 Å². The van der Waals surface area contributed by atoms with E-state index in [0.717, 1.165) is 0 Å². The predicted molar refractivity (Wildman–Crippen MR) is 52.8 cm³/mol. The van der Waals surface area contributed by atoms with Crippen molar-refractivity contribution in [1.29, 1.82) is 0 Å². The Morgan fingerprint density at radius 1 is 1.64 bits per heavy atom. The van der Waals surface area contributed by atoms with Crippen molar-refractivity contribution in [3.63, 3.8) is 0 Å². The summed E-state index contributed by atoms with van der Waals surface area (Å²) in [4.78, 5) is 15.3. The van der Waals surface area contributed by atoms with Crippen LogP contribution in [0.4, 0.5) is 0 Å². The van der Waals surface area contributed by atoms with E-state index in [-0.39, 0.29) is 0 Å². The molecule has 0 aromatic carbocycles. The highest BCUT2D eigenvalue weighted by molar-refractivity contribution is 6.29. The highest BCUT2D eigenvalue weighted by atomic mass is 35.5. The molecule has 2 N–H and O–H groups in total. The standard InChI is InChI=1S/C9H11ClN2O2/c1-9(11,8(13)14-2)6-4-3-5-7(10)12-6/h3-5H,11H2,1-2H3/t9-/m0/s1. The van der Waals surface area contributed by atoms with Crippen LogP contribution in [0.5, 0.6) is 0 Å². The van der Waals surface area contributed by atoms with E-state index < -0.39 is 11.5 Å². The Morgan fingerprint density at radius 2 is 2.29 bits per heavy atom. The third-order valence-electron chi connectivity index (χ3n) is 1.86. The predicted octanol–water partition coefficient (Wildman–Crippen LogP) is 1.08. The smallest absolute Gasteiger partial charge is 0.331 e. The topological polar surface area (TPSA) is 65.2 Å². The van der Waals surface area contributed by atoms with E-state index in [1.54, 1.807) is 18.2 Å². The number of nitrogens with zero attached hydrogens (tertiary/aromatic N) is 1. The molecule has 0 spiro atoms. The molecule has 0 saturated heterocycles. The first-order chi connectivity index (χ1) is 6.48. The number of nitrogens with two attached hydrogens (primary N) is 1. The fourth-order valence-electron chi connectivity index (χ4n) is 1.01. The summed E-state index contributed by atoms with van der Waals surface area (Å²) in [5.41, 5.74) is 4.89. The van der Waals surface area contributed by atoms with Crippen LogP contribution >= 0.6 is 11.6 Å². The number of esters is 1. The molecule has 0 aliphatic carbocycles. The van der Waals surface area contributed by atoms with Crippen LogP contribution in [0.2, 0.25) is 5.15 Å². The lowest BCUT2D eigenvalue weighted by Gasteiger charge is -2.20.